The second-order valence-corrected chi connectivity index (χ2v) is 11.5. The average Bonchev–Trinajstić information content (AvgIpc) is 2.80. The van der Waals surface area contributed by atoms with E-state index in [1.807, 2.05) is 0 Å². The zero-order chi connectivity index (χ0) is 23.1. The standard InChI is InChI=1S/C24H36O6P2/c25-31(26,23-17-11-9-12-18-23)29-21-15-7-5-3-1-2-4-6-8-16-22-30-32(27,28)24-19-13-10-14-20-24/h9-14,17-20H,1-8,15-16,21-22H2,(H,25,26)(H,27,28). The molecule has 8 heteroatoms. The highest BCUT2D eigenvalue weighted by molar-refractivity contribution is 7.61. The molecular weight excluding hydrogens is 446 g/mol. The van der Waals surface area contributed by atoms with Crippen molar-refractivity contribution in [2.45, 2.75) is 64.2 Å². The van der Waals surface area contributed by atoms with Crippen LogP contribution >= 0.6 is 15.2 Å². The second kappa shape index (κ2) is 14.8. The lowest BCUT2D eigenvalue weighted by Crippen LogP contribution is -2.07. The third-order valence-corrected chi connectivity index (χ3v) is 8.20. The van der Waals surface area contributed by atoms with E-state index in [4.69, 9.17) is 9.05 Å². The zero-order valence-electron chi connectivity index (χ0n) is 18.7. The van der Waals surface area contributed by atoms with Gasteiger partial charge in [0, 0.05) is 0 Å². The first-order valence-corrected chi connectivity index (χ1v) is 14.6. The minimum absolute atomic E-state index is 0.301. The van der Waals surface area contributed by atoms with Gasteiger partial charge in [0.15, 0.2) is 0 Å². The van der Waals surface area contributed by atoms with Crippen molar-refractivity contribution in [3.8, 4) is 0 Å². The summed E-state index contributed by atoms with van der Waals surface area (Å²) in [6.07, 6.45) is 10.4. The molecule has 0 bridgehead atoms. The molecule has 0 spiro atoms. The molecule has 32 heavy (non-hydrogen) atoms. The van der Waals surface area contributed by atoms with E-state index in [1.54, 1.807) is 60.7 Å². The van der Waals surface area contributed by atoms with Gasteiger partial charge < -0.3 is 18.8 Å². The summed E-state index contributed by atoms with van der Waals surface area (Å²) < 4.78 is 34.7. The molecule has 0 aromatic heterocycles. The van der Waals surface area contributed by atoms with E-state index >= 15 is 0 Å². The highest BCUT2D eigenvalue weighted by atomic mass is 31.2. The van der Waals surface area contributed by atoms with Crippen molar-refractivity contribution in [1.29, 1.82) is 0 Å². The fourth-order valence-corrected chi connectivity index (χ4v) is 5.53. The van der Waals surface area contributed by atoms with E-state index in [9.17, 15) is 18.9 Å². The number of rotatable bonds is 17. The maximum atomic E-state index is 12.1. The van der Waals surface area contributed by atoms with Crippen molar-refractivity contribution in [1.82, 2.24) is 0 Å². The molecule has 2 unspecified atom stereocenters. The number of benzene rings is 2. The Bertz CT molecular complexity index is 773. The van der Waals surface area contributed by atoms with Crippen LogP contribution in [0.5, 0.6) is 0 Å². The summed E-state index contributed by atoms with van der Waals surface area (Å²) in [5.41, 5.74) is 0. The summed E-state index contributed by atoms with van der Waals surface area (Å²) in [6.45, 7) is 0.603. The van der Waals surface area contributed by atoms with Gasteiger partial charge in [-0.3, -0.25) is 9.13 Å². The number of unbranched alkanes of at least 4 members (excludes halogenated alkanes) is 9. The van der Waals surface area contributed by atoms with Gasteiger partial charge >= 0.3 is 15.2 Å². The second-order valence-electron chi connectivity index (χ2n) is 7.91. The molecule has 0 saturated heterocycles. The van der Waals surface area contributed by atoms with Crippen LogP contribution in [-0.4, -0.2) is 23.0 Å². The van der Waals surface area contributed by atoms with E-state index in [1.165, 1.54) is 12.8 Å². The van der Waals surface area contributed by atoms with Crippen LogP contribution in [0.4, 0.5) is 0 Å². The first-order valence-electron chi connectivity index (χ1n) is 11.5. The van der Waals surface area contributed by atoms with Crippen LogP contribution in [0.2, 0.25) is 0 Å². The van der Waals surface area contributed by atoms with Crippen LogP contribution in [0.15, 0.2) is 60.7 Å². The van der Waals surface area contributed by atoms with Gasteiger partial charge in [-0.05, 0) is 37.1 Å². The van der Waals surface area contributed by atoms with Crippen LogP contribution in [0.25, 0.3) is 0 Å². The molecule has 0 radical (unpaired) electrons. The Labute approximate surface area is 192 Å². The van der Waals surface area contributed by atoms with Gasteiger partial charge in [0.05, 0.1) is 23.8 Å². The third kappa shape index (κ3) is 10.6. The molecule has 0 aliphatic rings. The molecule has 2 N–H and O–H groups in total. The SMILES string of the molecule is O=P(O)(OCCCCCCCCCCCCOP(=O)(O)c1ccccc1)c1ccccc1. The Hall–Kier alpha value is -1.26. The van der Waals surface area contributed by atoms with Gasteiger partial charge in [-0.1, -0.05) is 87.8 Å². The average molecular weight is 482 g/mol. The first-order chi connectivity index (χ1) is 15.4. The molecule has 2 rings (SSSR count). The molecule has 0 aliphatic heterocycles. The summed E-state index contributed by atoms with van der Waals surface area (Å²) >= 11 is 0. The van der Waals surface area contributed by atoms with E-state index in [2.05, 4.69) is 0 Å². The molecular formula is C24H36O6P2. The zero-order valence-corrected chi connectivity index (χ0v) is 20.5. The number of hydrogen-bond acceptors (Lipinski definition) is 4. The van der Waals surface area contributed by atoms with Crippen LogP contribution < -0.4 is 10.6 Å². The topological polar surface area (TPSA) is 93.1 Å². The minimum atomic E-state index is -3.69. The lowest BCUT2D eigenvalue weighted by Gasteiger charge is -2.12. The maximum Gasteiger partial charge on any atom is 0.358 e. The van der Waals surface area contributed by atoms with Crippen molar-refractivity contribution >= 4 is 25.8 Å². The lowest BCUT2D eigenvalue weighted by molar-refractivity contribution is 0.260. The molecule has 178 valence electrons. The predicted molar refractivity (Wildman–Crippen MR) is 130 cm³/mol. The fourth-order valence-electron chi connectivity index (χ4n) is 3.38. The first kappa shape index (κ1) is 27.0. The van der Waals surface area contributed by atoms with E-state index in [0.29, 0.717) is 23.8 Å². The Morgan fingerprint density at radius 2 is 0.781 bits per heavy atom. The van der Waals surface area contributed by atoms with Gasteiger partial charge in [0.2, 0.25) is 0 Å². The Morgan fingerprint density at radius 1 is 0.500 bits per heavy atom. The molecule has 0 saturated carbocycles. The summed E-state index contributed by atoms with van der Waals surface area (Å²) in [7, 11) is -7.38. The molecule has 2 aromatic rings. The van der Waals surface area contributed by atoms with Crippen LogP contribution in [0.3, 0.4) is 0 Å². The Morgan fingerprint density at radius 3 is 1.09 bits per heavy atom. The summed E-state index contributed by atoms with van der Waals surface area (Å²) in [5.74, 6) is 0. The van der Waals surface area contributed by atoms with Crippen LogP contribution in [0, 0.1) is 0 Å². The van der Waals surface area contributed by atoms with Gasteiger partial charge in [0.1, 0.15) is 0 Å². The van der Waals surface area contributed by atoms with E-state index in [0.717, 1.165) is 51.4 Å². The van der Waals surface area contributed by atoms with Crippen molar-refractivity contribution in [3.63, 3.8) is 0 Å². The molecule has 0 fully saturated rings. The predicted octanol–water partition coefficient (Wildman–Crippen LogP) is 5.94. The smallest absolute Gasteiger partial charge is 0.321 e. The normalized spacial score (nSPS) is 15.2. The van der Waals surface area contributed by atoms with Gasteiger partial charge in [-0.15, -0.1) is 0 Å². The Kier molecular flexibility index (Phi) is 12.5. The summed E-state index contributed by atoms with van der Waals surface area (Å²) in [6, 6.07) is 17.0. The van der Waals surface area contributed by atoms with Crippen LogP contribution in [-0.2, 0) is 18.2 Å². The highest BCUT2D eigenvalue weighted by Gasteiger charge is 2.22. The van der Waals surface area contributed by atoms with E-state index < -0.39 is 15.2 Å². The largest absolute Gasteiger partial charge is 0.358 e. The molecule has 0 heterocycles. The summed E-state index contributed by atoms with van der Waals surface area (Å²) in [4.78, 5) is 19.9. The van der Waals surface area contributed by atoms with Crippen molar-refractivity contribution < 1.29 is 28.0 Å². The van der Waals surface area contributed by atoms with Gasteiger partial charge in [0.25, 0.3) is 0 Å². The molecule has 2 aromatic carbocycles. The monoisotopic (exact) mass is 482 g/mol. The molecule has 0 amide bonds. The number of hydrogen-bond donors (Lipinski definition) is 2. The maximum absolute atomic E-state index is 12.1. The highest BCUT2D eigenvalue weighted by Crippen LogP contribution is 2.41. The minimum Gasteiger partial charge on any atom is -0.321 e. The molecule has 0 aliphatic carbocycles. The molecule has 2 atom stereocenters. The van der Waals surface area contributed by atoms with Crippen molar-refractivity contribution in [2.24, 2.45) is 0 Å². The quantitative estimate of drug-likeness (QED) is 0.214. The van der Waals surface area contributed by atoms with E-state index in [-0.39, 0.29) is 0 Å². The summed E-state index contributed by atoms with van der Waals surface area (Å²) in [5, 5.41) is 0.682. The van der Waals surface area contributed by atoms with Gasteiger partial charge in [-0.25, -0.2) is 0 Å². The third-order valence-electron chi connectivity index (χ3n) is 5.24. The van der Waals surface area contributed by atoms with Gasteiger partial charge in [-0.2, -0.15) is 0 Å². The van der Waals surface area contributed by atoms with Crippen molar-refractivity contribution in [2.75, 3.05) is 13.2 Å². The lowest BCUT2D eigenvalue weighted by atomic mass is 10.1. The van der Waals surface area contributed by atoms with Crippen LogP contribution in [0.1, 0.15) is 64.2 Å². The fraction of sp³-hybridized carbons (Fsp3) is 0.500. The Balaban J connectivity index is 1.38. The van der Waals surface area contributed by atoms with Crippen molar-refractivity contribution in [3.05, 3.63) is 60.7 Å². The molecule has 6 nitrogen and oxygen atoms in total.